The van der Waals surface area contributed by atoms with E-state index in [2.05, 4.69) is 0 Å². The summed E-state index contributed by atoms with van der Waals surface area (Å²) in [6.07, 6.45) is 1.47. The molecule has 0 radical (unpaired) electrons. The fraction of sp³-hybridized carbons (Fsp3) is 0.250. The minimum Gasteiger partial charge on any atom is -0.497 e. The zero-order chi connectivity index (χ0) is 21.6. The zero-order valence-electron chi connectivity index (χ0n) is 17.3. The van der Waals surface area contributed by atoms with Gasteiger partial charge in [-0.3, -0.25) is 9.59 Å². The standard InChI is InChI=1S/C24H22N2O4S/c1-16-6-3-4-7-17(16)15-25-20-10-9-18(29-2)14-19(20)24(23(25)28)26(11-13-31-24)22(27)21-8-5-12-30-21/h3-10,12,14H,11,13,15H2,1-2H3. The molecule has 1 fully saturated rings. The molecule has 6 nitrogen and oxygen atoms in total. The van der Waals surface area contributed by atoms with Crippen LogP contribution < -0.4 is 9.64 Å². The van der Waals surface area contributed by atoms with Crippen molar-refractivity contribution in [1.82, 2.24) is 4.90 Å². The third kappa shape index (κ3) is 2.95. The number of methoxy groups -OCH3 is 1. The van der Waals surface area contributed by atoms with E-state index in [1.165, 1.54) is 18.0 Å². The lowest BCUT2D eigenvalue weighted by Gasteiger charge is -2.32. The molecule has 0 saturated carbocycles. The fourth-order valence-electron chi connectivity index (χ4n) is 4.37. The van der Waals surface area contributed by atoms with Gasteiger partial charge in [-0.2, -0.15) is 0 Å². The highest BCUT2D eigenvalue weighted by Gasteiger charge is 2.60. The van der Waals surface area contributed by atoms with Crippen LogP contribution >= 0.6 is 11.8 Å². The third-order valence-electron chi connectivity index (χ3n) is 5.97. The quantitative estimate of drug-likeness (QED) is 0.616. The van der Waals surface area contributed by atoms with Crippen molar-refractivity contribution in [2.75, 3.05) is 24.3 Å². The first kappa shape index (κ1) is 19.8. The summed E-state index contributed by atoms with van der Waals surface area (Å²) < 4.78 is 10.8. The molecular weight excluding hydrogens is 412 g/mol. The van der Waals surface area contributed by atoms with Gasteiger partial charge < -0.3 is 19.0 Å². The molecular formula is C24H22N2O4S. The van der Waals surface area contributed by atoms with E-state index < -0.39 is 4.87 Å². The van der Waals surface area contributed by atoms with Crippen molar-refractivity contribution in [2.24, 2.45) is 0 Å². The molecule has 1 aromatic heterocycles. The van der Waals surface area contributed by atoms with Crippen LogP contribution in [0.4, 0.5) is 5.69 Å². The van der Waals surface area contributed by atoms with E-state index in [0.717, 1.165) is 22.4 Å². The van der Waals surface area contributed by atoms with Crippen LogP contribution in [0.25, 0.3) is 0 Å². The van der Waals surface area contributed by atoms with Crippen LogP contribution in [-0.4, -0.2) is 36.1 Å². The van der Waals surface area contributed by atoms with Gasteiger partial charge in [-0.1, -0.05) is 24.3 Å². The van der Waals surface area contributed by atoms with Crippen LogP contribution in [0.15, 0.2) is 65.3 Å². The molecule has 0 aliphatic carbocycles. The lowest BCUT2D eigenvalue weighted by atomic mass is 10.0. The smallest absolute Gasteiger partial charge is 0.291 e. The minimum atomic E-state index is -1.13. The SMILES string of the molecule is COc1ccc2c(c1)C1(SCCN1C(=O)c1ccco1)C(=O)N2Cc1ccccc1C. The molecule has 2 amide bonds. The molecule has 1 unspecified atom stereocenters. The molecule has 1 spiro atoms. The maximum absolute atomic E-state index is 14.0. The van der Waals surface area contributed by atoms with E-state index in [-0.39, 0.29) is 17.6 Å². The molecule has 0 bridgehead atoms. The first-order chi connectivity index (χ1) is 15.1. The van der Waals surface area contributed by atoms with Crippen LogP contribution in [0.2, 0.25) is 0 Å². The Morgan fingerprint density at radius 1 is 1.19 bits per heavy atom. The normalized spacial score (nSPS) is 19.9. The fourth-order valence-corrected chi connectivity index (χ4v) is 5.82. The second-order valence-electron chi connectivity index (χ2n) is 7.63. The molecule has 2 aromatic carbocycles. The Labute approximate surface area is 184 Å². The lowest BCUT2D eigenvalue weighted by Crippen LogP contribution is -2.50. The Balaban J connectivity index is 1.63. The second-order valence-corrected chi connectivity index (χ2v) is 8.92. The molecule has 2 aliphatic rings. The summed E-state index contributed by atoms with van der Waals surface area (Å²) in [4.78, 5) is 29.6. The summed E-state index contributed by atoms with van der Waals surface area (Å²) in [5.41, 5.74) is 3.78. The maximum Gasteiger partial charge on any atom is 0.291 e. The van der Waals surface area contributed by atoms with Gasteiger partial charge >= 0.3 is 0 Å². The number of carbonyl (C=O) groups excluding carboxylic acids is 2. The van der Waals surface area contributed by atoms with Crippen molar-refractivity contribution in [3.05, 3.63) is 83.3 Å². The van der Waals surface area contributed by atoms with Crippen molar-refractivity contribution < 1.29 is 18.7 Å². The van der Waals surface area contributed by atoms with Gasteiger partial charge in [-0.15, -0.1) is 11.8 Å². The van der Waals surface area contributed by atoms with Gasteiger partial charge in [0.2, 0.25) is 0 Å². The minimum absolute atomic E-state index is 0.110. The average Bonchev–Trinajstić information content (AvgIpc) is 3.52. The molecule has 2 aliphatic heterocycles. The number of nitrogens with zero attached hydrogens (tertiary/aromatic N) is 2. The van der Waals surface area contributed by atoms with Crippen LogP contribution in [0.1, 0.15) is 27.2 Å². The number of hydrogen-bond acceptors (Lipinski definition) is 5. The molecule has 1 atom stereocenters. The van der Waals surface area contributed by atoms with E-state index in [9.17, 15) is 9.59 Å². The number of fused-ring (bicyclic) bond motifs is 2. The van der Waals surface area contributed by atoms with Gasteiger partial charge in [0.05, 0.1) is 25.6 Å². The van der Waals surface area contributed by atoms with E-state index >= 15 is 0 Å². The predicted molar refractivity (Wildman–Crippen MR) is 119 cm³/mol. The highest BCUT2D eigenvalue weighted by Crippen LogP contribution is 2.55. The molecule has 3 aromatic rings. The highest BCUT2D eigenvalue weighted by molar-refractivity contribution is 8.01. The number of hydrogen-bond donors (Lipinski definition) is 0. The average molecular weight is 435 g/mol. The molecule has 158 valence electrons. The lowest BCUT2D eigenvalue weighted by molar-refractivity contribution is -0.123. The molecule has 31 heavy (non-hydrogen) atoms. The number of thioether (sulfide) groups is 1. The van der Waals surface area contributed by atoms with Crippen LogP contribution in [0.3, 0.4) is 0 Å². The van der Waals surface area contributed by atoms with Crippen LogP contribution in [0.5, 0.6) is 5.75 Å². The number of benzene rings is 2. The molecule has 0 N–H and O–H groups in total. The summed E-state index contributed by atoms with van der Waals surface area (Å²) in [6.45, 7) is 2.94. The van der Waals surface area contributed by atoms with Crippen molar-refractivity contribution in [1.29, 1.82) is 0 Å². The third-order valence-corrected chi connectivity index (χ3v) is 7.39. The van der Waals surface area contributed by atoms with Crippen LogP contribution in [-0.2, 0) is 16.2 Å². The van der Waals surface area contributed by atoms with E-state index in [0.29, 0.717) is 24.6 Å². The number of ether oxygens (including phenoxy) is 1. The Morgan fingerprint density at radius 3 is 2.77 bits per heavy atom. The van der Waals surface area contributed by atoms with Crippen molar-refractivity contribution >= 4 is 29.3 Å². The first-order valence-corrected chi connectivity index (χ1v) is 11.1. The summed E-state index contributed by atoms with van der Waals surface area (Å²) in [6, 6.07) is 17.0. The number of furan rings is 1. The Hall–Kier alpha value is -3.19. The van der Waals surface area contributed by atoms with Gasteiger partial charge in [-0.05, 0) is 48.4 Å². The number of carbonyl (C=O) groups is 2. The largest absolute Gasteiger partial charge is 0.497 e. The van der Waals surface area contributed by atoms with Crippen molar-refractivity contribution in [2.45, 2.75) is 18.3 Å². The molecule has 7 heteroatoms. The summed E-state index contributed by atoms with van der Waals surface area (Å²) in [5, 5.41) is 0. The topological polar surface area (TPSA) is 63.0 Å². The van der Waals surface area contributed by atoms with Gasteiger partial charge in [0, 0.05) is 17.9 Å². The second kappa shape index (κ2) is 7.50. The van der Waals surface area contributed by atoms with Crippen LogP contribution in [0, 0.1) is 6.92 Å². The number of amides is 2. The number of anilines is 1. The van der Waals surface area contributed by atoms with Crippen molar-refractivity contribution in [3.8, 4) is 5.75 Å². The Morgan fingerprint density at radius 2 is 2.03 bits per heavy atom. The number of rotatable bonds is 4. The van der Waals surface area contributed by atoms with E-state index in [1.807, 2.05) is 49.4 Å². The first-order valence-electron chi connectivity index (χ1n) is 10.1. The molecule has 3 heterocycles. The maximum atomic E-state index is 14.0. The summed E-state index contributed by atoms with van der Waals surface area (Å²) in [5.74, 6) is 1.15. The van der Waals surface area contributed by atoms with E-state index in [4.69, 9.17) is 9.15 Å². The van der Waals surface area contributed by atoms with Gasteiger partial charge in [0.15, 0.2) is 10.6 Å². The number of aryl methyl sites for hydroxylation is 1. The monoisotopic (exact) mass is 434 g/mol. The Kier molecular flexibility index (Phi) is 4.78. The molecule has 1 saturated heterocycles. The highest BCUT2D eigenvalue weighted by atomic mass is 32.2. The summed E-state index contributed by atoms with van der Waals surface area (Å²) >= 11 is 1.49. The van der Waals surface area contributed by atoms with Gasteiger partial charge in [0.25, 0.3) is 11.8 Å². The van der Waals surface area contributed by atoms with E-state index in [1.54, 1.807) is 29.0 Å². The zero-order valence-corrected chi connectivity index (χ0v) is 18.1. The molecule has 5 rings (SSSR count). The Bertz CT molecular complexity index is 1160. The van der Waals surface area contributed by atoms with Gasteiger partial charge in [0.1, 0.15) is 5.75 Å². The summed E-state index contributed by atoms with van der Waals surface area (Å²) in [7, 11) is 1.60. The van der Waals surface area contributed by atoms with Crippen molar-refractivity contribution in [3.63, 3.8) is 0 Å². The van der Waals surface area contributed by atoms with Gasteiger partial charge in [-0.25, -0.2) is 0 Å². The predicted octanol–water partition coefficient (Wildman–Crippen LogP) is 4.19.